The maximum atomic E-state index is 11.3. The van der Waals surface area contributed by atoms with Crippen LogP contribution in [0.5, 0.6) is 0 Å². The molecule has 148 valence electrons. The van der Waals surface area contributed by atoms with Crippen LogP contribution < -0.4 is 10.6 Å². The van der Waals surface area contributed by atoms with E-state index in [1.54, 1.807) is 7.05 Å². The van der Waals surface area contributed by atoms with Crippen molar-refractivity contribution in [3.63, 3.8) is 0 Å². The molecule has 2 rings (SSSR count). The van der Waals surface area contributed by atoms with Crippen molar-refractivity contribution in [3.05, 3.63) is 35.4 Å². The molecule has 0 amide bonds. The molecule has 0 spiro atoms. The molecule has 1 aromatic carbocycles. The molecule has 5 nitrogen and oxygen atoms in total. The van der Waals surface area contributed by atoms with E-state index in [-0.39, 0.29) is 29.7 Å². The zero-order valence-corrected chi connectivity index (χ0v) is 19.2. The summed E-state index contributed by atoms with van der Waals surface area (Å²) in [7, 11) is -1.20. The molecule has 0 heterocycles. The highest BCUT2D eigenvalue weighted by Crippen LogP contribution is 2.40. The fourth-order valence-electron chi connectivity index (χ4n) is 3.51. The Balaban J connectivity index is 0.00000338. The van der Waals surface area contributed by atoms with Crippen LogP contribution in [0.4, 0.5) is 0 Å². The highest BCUT2D eigenvalue weighted by Gasteiger charge is 2.31. The van der Waals surface area contributed by atoms with Gasteiger partial charge >= 0.3 is 0 Å². The van der Waals surface area contributed by atoms with E-state index in [4.69, 9.17) is 0 Å². The number of rotatable bonds is 7. The number of aliphatic imine (C=N–C) groups is 1. The number of hydrogen-bond acceptors (Lipinski definition) is 3. The molecule has 0 aromatic heterocycles. The molecule has 1 fully saturated rings. The van der Waals surface area contributed by atoms with E-state index in [1.807, 2.05) is 24.3 Å². The summed E-state index contributed by atoms with van der Waals surface area (Å²) < 4.78 is 22.7. The number of sulfone groups is 1. The van der Waals surface area contributed by atoms with Crippen molar-refractivity contribution in [2.24, 2.45) is 10.4 Å². The minimum Gasteiger partial charge on any atom is -0.356 e. The molecule has 0 atom stereocenters. The minimum absolute atomic E-state index is 0. The molecule has 1 aliphatic carbocycles. The highest BCUT2D eigenvalue weighted by molar-refractivity contribution is 14.0. The molecule has 0 bridgehead atoms. The standard InChI is InChI=1S/C19H31N3O2S.HI/c1-4-19(11-5-6-12-19)15-22-18(20-2)21-13-16-7-9-17(10-8-16)14-25(3,23)24;/h7-10H,4-6,11-15H2,1-3H3,(H2,20,21,22);1H. The second kappa shape index (κ2) is 10.5. The van der Waals surface area contributed by atoms with Gasteiger partial charge in [-0.1, -0.05) is 44.0 Å². The number of hydrogen-bond donors (Lipinski definition) is 2. The van der Waals surface area contributed by atoms with Crippen molar-refractivity contribution in [1.82, 2.24) is 10.6 Å². The SMILES string of the molecule is CCC1(CNC(=NC)NCc2ccc(CS(C)(=O)=O)cc2)CCCC1.I. The van der Waals surface area contributed by atoms with Crippen molar-refractivity contribution >= 4 is 39.8 Å². The highest BCUT2D eigenvalue weighted by atomic mass is 127. The number of nitrogens with zero attached hydrogens (tertiary/aromatic N) is 1. The van der Waals surface area contributed by atoms with Crippen LogP contribution in [-0.2, 0) is 22.1 Å². The molecule has 0 unspecified atom stereocenters. The van der Waals surface area contributed by atoms with Crippen LogP contribution in [0, 0.1) is 5.41 Å². The number of guanidine groups is 1. The molecule has 1 saturated carbocycles. The Labute approximate surface area is 175 Å². The van der Waals surface area contributed by atoms with Crippen LogP contribution in [0.3, 0.4) is 0 Å². The van der Waals surface area contributed by atoms with Gasteiger partial charge in [-0.25, -0.2) is 8.42 Å². The molecule has 1 aromatic rings. The fourth-order valence-corrected chi connectivity index (χ4v) is 4.31. The van der Waals surface area contributed by atoms with Gasteiger partial charge in [0.15, 0.2) is 15.8 Å². The molecule has 26 heavy (non-hydrogen) atoms. The third kappa shape index (κ3) is 7.42. The largest absolute Gasteiger partial charge is 0.356 e. The van der Waals surface area contributed by atoms with Crippen molar-refractivity contribution < 1.29 is 8.42 Å². The summed E-state index contributed by atoms with van der Waals surface area (Å²) >= 11 is 0. The molecule has 0 radical (unpaired) electrons. The van der Waals surface area contributed by atoms with Gasteiger partial charge in [-0.15, -0.1) is 24.0 Å². The van der Waals surface area contributed by atoms with Gasteiger partial charge in [-0.3, -0.25) is 4.99 Å². The first kappa shape index (κ1) is 23.2. The van der Waals surface area contributed by atoms with Gasteiger partial charge in [0.05, 0.1) is 5.75 Å². The third-order valence-corrected chi connectivity index (χ3v) is 6.04. The predicted octanol–water partition coefficient (Wildman–Crippen LogP) is 3.48. The number of benzene rings is 1. The second-order valence-electron chi connectivity index (χ2n) is 7.23. The van der Waals surface area contributed by atoms with Crippen molar-refractivity contribution in [3.8, 4) is 0 Å². The lowest BCUT2D eigenvalue weighted by Crippen LogP contribution is -2.42. The first-order valence-corrected chi connectivity index (χ1v) is 11.1. The Kier molecular flexibility index (Phi) is 9.36. The number of nitrogens with one attached hydrogen (secondary N) is 2. The second-order valence-corrected chi connectivity index (χ2v) is 9.37. The van der Waals surface area contributed by atoms with Gasteiger partial charge in [0.25, 0.3) is 0 Å². The smallest absolute Gasteiger partial charge is 0.191 e. The predicted molar refractivity (Wildman–Crippen MR) is 120 cm³/mol. The van der Waals surface area contributed by atoms with Crippen LogP contribution in [0.2, 0.25) is 0 Å². The first-order chi connectivity index (χ1) is 11.9. The Morgan fingerprint density at radius 3 is 2.19 bits per heavy atom. The van der Waals surface area contributed by atoms with E-state index in [2.05, 4.69) is 22.5 Å². The fraction of sp³-hybridized carbons (Fsp3) is 0.632. The van der Waals surface area contributed by atoms with Crippen LogP contribution in [0.1, 0.15) is 50.2 Å². The lowest BCUT2D eigenvalue weighted by atomic mass is 9.83. The van der Waals surface area contributed by atoms with E-state index in [1.165, 1.54) is 38.4 Å². The topological polar surface area (TPSA) is 70.6 Å². The molecule has 7 heteroatoms. The van der Waals surface area contributed by atoms with Crippen molar-refractivity contribution in [2.45, 2.75) is 51.3 Å². The molecule has 1 aliphatic rings. The lowest BCUT2D eigenvalue weighted by Gasteiger charge is -2.28. The molecular formula is C19H32IN3O2S. The van der Waals surface area contributed by atoms with Crippen molar-refractivity contribution in [2.75, 3.05) is 19.8 Å². The van der Waals surface area contributed by atoms with Gasteiger partial charge in [0, 0.05) is 26.4 Å². The Hall–Kier alpha value is -0.830. The zero-order chi connectivity index (χ0) is 18.3. The Morgan fingerprint density at radius 2 is 1.69 bits per heavy atom. The Morgan fingerprint density at radius 1 is 1.12 bits per heavy atom. The quantitative estimate of drug-likeness (QED) is 0.347. The van der Waals surface area contributed by atoms with E-state index >= 15 is 0 Å². The number of halogens is 1. The van der Waals surface area contributed by atoms with Crippen LogP contribution in [0.25, 0.3) is 0 Å². The van der Waals surface area contributed by atoms with Gasteiger partial charge in [0.1, 0.15) is 0 Å². The molecule has 0 aliphatic heterocycles. The summed E-state index contributed by atoms with van der Waals surface area (Å²) in [6.45, 7) is 3.91. The maximum Gasteiger partial charge on any atom is 0.191 e. The normalized spacial score (nSPS) is 16.8. The summed E-state index contributed by atoms with van der Waals surface area (Å²) in [5.74, 6) is 0.906. The first-order valence-electron chi connectivity index (χ1n) is 9.06. The summed E-state index contributed by atoms with van der Waals surface area (Å²) in [6, 6.07) is 7.67. The maximum absolute atomic E-state index is 11.3. The Bertz CT molecular complexity index is 681. The summed E-state index contributed by atoms with van der Waals surface area (Å²) in [6.07, 6.45) is 7.73. The van der Waals surface area contributed by atoms with Crippen LogP contribution in [0.15, 0.2) is 29.3 Å². The summed E-state index contributed by atoms with van der Waals surface area (Å²) in [5.41, 5.74) is 2.34. The van der Waals surface area contributed by atoms with E-state index < -0.39 is 9.84 Å². The van der Waals surface area contributed by atoms with E-state index in [9.17, 15) is 8.42 Å². The minimum atomic E-state index is -2.99. The average Bonchev–Trinajstić information content (AvgIpc) is 3.04. The van der Waals surface area contributed by atoms with Crippen molar-refractivity contribution in [1.29, 1.82) is 0 Å². The van der Waals surface area contributed by atoms with Gasteiger partial charge < -0.3 is 10.6 Å². The molecule has 2 N–H and O–H groups in total. The monoisotopic (exact) mass is 493 g/mol. The van der Waals surface area contributed by atoms with Gasteiger partial charge in [0.2, 0.25) is 0 Å². The van der Waals surface area contributed by atoms with E-state index in [0.717, 1.165) is 23.6 Å². The van der Waals surface area contributed by atoms with Crippen LogP contribution >= 0.6 is 24.0 Å². The zero-order valence-electron chi connectivity index (χ0n) is 16.0. The van der Waals surface area contributed by atoms with Crippen LogP contribution in [-0.4, -0.2) is 34.2 Å². The summed E-state index contributed by atoms with van der Waals surface area (Å²) in [5, 5.41) is 6.81. The summed E-state index contributed by atoms with van der Waals surface area (Å²) in [4.78, 5) is 4.31. The molecular weight excluding hydrogens is 461 g/mol. The molecule has 0 saturated heterocycles. The van der Waals surface area contributed by atoms with Gasteiger partial charge in [-0.05, 0) is 35.8 Å². The average molecular weight is 493 g/mol. The third-order valence-electron chi connectivity index (χ3n) is 5.18. The van der Waals surface area contributed by atoms with Gasteiger partial charge in [-0.2, -0.15) is 0 Å². The van der Waals surface area contributed by atoms with E-state index in [0.29, 0.717) is 12.0 Å². The lowest BCUT2D eigenvalue weighted by molar-refractivity contribution is 0.283.